The van der Waals surface area contributed by atoms with Crippen LogP contribution in [0.5, 0.6) is 0 Å². The first-order valence-electron chi connectivity index (χ1n) is 9.59. The van der Waals surface area contributed by atoms with Gasteiger partial charge in [0.1, 0.15) is 6.04 Å². The highest BCUT2D eigenvalue weighted by Gasteiger charge is 2.41. The zero-order valence-corrected chi connectivity index (χ0v) is 16.1. The van der Waals surface area contributed by atoms with E-state index in [1.54, 1.807) is 0 Å². The molecule has 4 rings (SSSR count). The van der Waals surface area contributed by atoms with E-state index in [1.165, 1.54) is 24.1 Å². The maximum Gasteiger partial charge on any atom is 0.239 e. The summed E-state index contributed by atoms with van der Waals surface area (Å²) in [6, 6.07) is 8.84. The Hall–Kier alpha value is -1.34. The average molecular weight is 380 g/mol. The van der Waals surface area contributed by atoms with Crippen LogP contribution in [0.2, 0.25) is 0 Å². The number of carbonyl (C=O) groups is 1. The van der Waals surface area contributed by atoms with E-state index in [-0.39, 0.29) is 30.4 Å². The largest absolute Gasteiger partial charge is 0.372 e. The Bertz CT molecular complexity index is 622. The molecule has 26 heavy (non-hydrogen) atoms. The maximum absolute atomic E-state index is 12.8. The minimum Gasteiger partial charge on any atom is -0.372 e. The van der Waals surface area contributed by atoms with Gasteiger partial charge in [0.2, 0.25) is 5.91 Å². The van der Waals surface area contributed by atoms with Crippen LogP contribution in [0.25, 0.3) is 0 Å². The molecule has 4 atom stereocenters. The summed E-state index contributed by atoms with van der Waals surface area (Å²) in [6.45, 7) is 6.25. The quantitative estimate of drug-likeness (QED) is 0.635. The molecule has 3 fully saturated rings. The summed E-state index contributed by atoms with van der Waals surface area (Å²) >= 11 is 0. The molecule has 0 aromatic heterocycles. The molecule has 1 amide bonds. The molecule has 0 radical (unpaired) electrons. The monoisotopic (exact) mass is 379 g/mol. The number of piperidine rings is 1. The van der Waals surface area contributed by atoms with Crippen molar-refractivity contribution < 1.29 is 4.79 Å². The van der Waals surface area contributed by atoms with Crippen LogP contribution in [0.15, 0.2) is 24.3 Å². The summed E-state index contributed by atoms with van der Waals surface area (Å²) < 4.78 is 0. The fourth-order valence-electron chi connectivity index (χ4n) is 4.33. The van der Waals surface area contributed by atoms with Crippen molar-refractivity contribution >= 4 is 24.0 Å². The van der Waals surface area contributed by atoms with E-state index in [0.29, 0.717) is 12.0 Å². The summed E-state index contributed by atoms with van der Waals surface area (Å²) in [5, 5.41) is 6.60. The number of nitrogens with one attached hydrogen (secondary N) is 4. The van der Waals surface area contributed by atoms with Crippen molar-refractivity contribution in [2.45, 2.75) is 44.3 Å². The lowest BCUT2D eigenvalue weighted by molar-refractivity contribution is -0.124. The van der Waals surface area contributed by atoms with E-state index in [9.17, 15) is 4.79 Å². The van der Waals surface area contributed by atoms with Gasteiger partial charge in [-0.05, 0) is 50.4 Å². The van der Waals surface area contributed by atoms with E-state index in [2.05, 4.69) is 57.6 Å². The van der Waals surface area contributed by atoms with Gasteiger partial charge in [-0.2, -0.15) is 0 Å². The smallest absolute Gasteiger partial charge is 0.239 e. The second kappa shape index (κ2) is 8.57. The Kier molecular flexibility index (Phi) is 6.40. The molecule has 144 valence electrons. The molecule has 1 aromatic rings. The molecule has 0 bridgehead atoms. The number of nitrogens with zero attached hydrogens (tertiary/aromatic N) is 1. The average Bonchev–Trinajstić information content (AvgIpc) is 3.31. The molecule has 7 heteroatoms. The van der Waals surface area contributed by atoms with Gasteiger partial charge < -0.3 is 15.5 Å². The SMILES string of the molecule is CC(NC(=O)C1NNC2CCNCC21)c1cccc(N2CCCC2)c1.Cl. The molecule has 0 spiro atoms. The highest BCUT2D eigenvalue weighted by molar-refractivity contribution is 5.85. The van der Waals surface area contributed by atoms with Crippen LogP contribution in [-0.2, 0) is 4.79 Å². The van der Waals surface area contributed by atoms with Crippen LogP contribution in [0, 0.1) is 5.92 Å². The second-order valence-electron chi connectivity index (χ2n) is 7.55. The van der Waals surface area contributed by atoms with Gasteiger partial charge in [-0.3, -0.25) is 10.2 Å². The van der Waals surface area contributed by atoms with Gasteiger partial charge in [-0.1, -0.05) is 12.1 Å². The number of hydrazine groups is 1. The summed E-state index contributed by atoms with van der Waals surface area (Å²) in [4.78, 5) is 15.2. The lowest BCUT2D eigenvalue weighted by Crippen LogP contribution is -2.49. The van der Waals surface area contributed by atoms with Crippen molar-refractivity contribution in [1.29, 1.82) is 0 Å². The molecule has 6 nitrogen and oxygen atoms in total. The van der Waals surface area contributed by atoms with Crippen LogP contribution in [0.1, 0.15) is 37.8 Å². The molecule has 4 N–H and O–H groups in total. The Morgan fingerprint density at radius 2 is 2.08 bits per heavy atom. The maximum atomic E-state index is 12.8. The lowest BCUT2D eigenvalue weighted by atomic mass is 9.89. The highest BCUT2D eigenvalue weighted by Crippen LogP contribution is 2.25. The first-order valence-corrected chi connectivity index (χ1v) is 9.59. The molecule has 1 aromatic carbocycles. The Morgan fingerprint density at radius 3 is 2.88 bits per heavy atom. The highest BCUT2D eigenvalue weighted by atomic mass is 35.5. The molecule has 0 aliphatic carbocycles. The molecule has 4 unspecified atom stereocenters. The van der Waals surface area contributed by atoms with Gasteiger partial charge >= 0.3 is 0 Å². The number of benzene rings is 1. The summed E-state index contributed by atoms with van der Waals surface area (Å²) in [5.41, 5.74) is 8.93. The third kappa shape index (κ3) is 3.98. The van der Waals surface area contributed by atoms with Gasteiger partial charge in [0.25, 0.3) is 0 Å². The number of anilines is 1. The standard InChI is InChI=1S/C19H29N5O.ClH/c1-13(14-5-4-6-15(11-14)24-9-2-3-10-24)21-19(25)18-16-12-20-8-7-17(16)22-23-18;/h4-6,11,13,16-18,20,22-23H,2-3,7-10,12H2,1H3,(H,21,25);1H. The fourth-order valence-corrected chi connectivity index (χ4v) is 4.33. The zero-order valence-electron chi connectivity index (χ0n) is 15.3. The van der Waals surface area contributed by atoms with Crippen molar-refractivity contribution in [3.63, 3.8) is 0 Å². The van der Waals surface area contributed by atoms with E-state index in [4.69, 9.17) is 0 Å². The number of fused-ring (bicyclic) bond motifs is 1. The zero-order chi connectivity index (χ0) is 17.2. The molecule has 3 saturated heterocycles. The van der Waals surface area contributed by atoms with Crippen LogP contribution >= 0.6 is 12.4 Å². The van der Waals surface area contributed by atoms with Gasteiger partial charge in [0.05, 0.1) is 6.04 Å². The molecular formula is C19H30ClN5O. The van der Waals surface area contributed by atoms with Gasteiger partial charge in [-0.15, -0.1) is 12.4 Å². The Morgan fingerprint density at radius 1 is 1.27 bits per heavy atom. The van der Waals surface area contributed by atoms with Gasteiger partial charge in [0.15, 0.2) is 0 Å². The molecular weight excluding hydrogens is 350 g/mol. The second-order valence-corrected chi connectivity index (χ2v) is 7.55. The number of amides is 1. The molecule has 3 aliphatic rings. The van der Waals surface area contributed by atoms with Crippen molar-refractivity contribution in [2.75, 3.05) is 31.1 Å². The van der Waals surface area contributed by atoms with Crippen molar-refractivity contribution in [2.24, 2.45) is 5.92 Å². The van der Waals surface area contributed by atoms with Crippen molar-refractivity contribution in [3.8, 4) is 0 Å². The normalized spacial score (nSPS) is 29.0. The van der Waals surface area contributed by atoms with E-state index >= 15 is 0 Å². The minimum atomic E-state index is -0.165. The third-order valence-electron chi connectivity index (χ3n) is 5.86. The van der Waals surface area contributed by atoms with Crippen molar-refractivity contribution in [3.05, 3.63) is 29.8 Å². The van der Waals surface area contributed by atoms with Crippen LogP contribution < -0.4 is 26.4 Å². The number of rotatable bonds is 4. The van der Waals surface area contributed by atoms with Crippen LogP contribution in [0.4, 0.5) is 5.69 Å². The Balaban J connectivity index is 0.00000196. The lowest BCUT2D eigenvalue weighted by Gasteiger charge is -2.28. The minimum absolute atomic E-state index is 0. The number of hydrogen-bond donors (Lipinski definition) is 4. The van der Waals surface area contributed by atoms with E-state index in [0.717, 1.165) is 32.6 Å². The molecule has 3 aliphatic heterocycles. The van der Waals surface area contributed by atoms with Crippen LogP contribution in [0.3, 0.4) is 0 Å². The Labute approximate surface area is 161 Å². The number of hydrogen-bond acceptors (Lipinski definition) is 5. The third-order valence-corrected chi connectivity index (χ3v) is 5.86. The van der Waals surface area contributed by atoms with Gasteiger partial charge in [-0.25, -0.2) is 5.43 Å². The summed E-state index contributed by atoms with van der Waals surface area (Å²) in [5.74, 6) is 0.402. The first-order chi connectivity index (χ1) is 12.2. The summed E-state index contributed by atoms with van der Waals surface area (Å²) in [7, 11) is 0. The van der Waals surface area contributed by atoms with Gasteiger partial charge in [0, 0.05) is 37.3 Å². The number of halogens is 1. The number of carbonyl (C=O) groups excluding carboxylic acids is 1. The molecule has 3 heterocycles. The molecule has 0 saturated carbocycles. The predicted octanol–water partition coefficient (Wildman–Crippen LogP) is 1.34. The van der Waals surface area contributed by atoms with Crippen LogP contribution in [-0.4, -0.2) is 44.2 Å². The van der Waals surface area contributed by atoms with E-state index in [1.807, 2.05) is 0 Å². The predicted molar refractivity (Wildman–Crippen MR) is 107 cm³/mol. The van der Waals surface area contributed by atoms with E-state index < -0.39 is 0 Å². The summed E-state index contributed by atoms with van der Waals surface area (Å²) in [6.07, 6.45) is 3.61. The first kappa shape index (κ1) is 19.4. The fraction of sp³-hybridized carbons (Fsp3) is 0.632. The van der Waals surface area contributed by atoms with Crippen molar-refractivity contribution in [1.82, 2.24) is 21.5 Å². The topological polar surface area (TPSA) is 68.4 Å².